The molecule has 1 amide bonds. The number of nitrogen functional groups attached to an aromatic ring is 2. The van der Waals surface area contributed by atoms with Gasteiger partial charge in [-0.15, -0.1) is 0 Å². The van der Waals surface area contributed by atoms with E-state index in [9.17, 15) is 9.18 Å². The molecule has 0 spiro atoms. The predicted octanol–water partition coefficient (Wildman–Crippen LogP) is 3.64. The number of furan rings is 1. The number of ether oxygens (including phenoxy) is 1. The minimum Gasteiger partial charge on any atom is -0.489 e. The highest BCUT2D eigenvalue weighted by Crippen LogP contribution is 2.25. The van der Waals surface area contributed by atoms with Crippen LogP contribution in [0.25, 0.3) is 11.0 Å². The van der Waals surface area contributed by atoms with Gasteiger partial charge in [0.05, 0.1) is 12.1 Å². The van der Waals surface area contributed by atoms with E-state index in [1.165, 1.54) is 24.3 Å². The Morgan fingerprint density at radius 2 is 1.97 bits per heavy atom. The lowest BCUT2D eigenvalue weighted by atomic mass is 10.2. The van der Waals surface area contributed by atoms with Crippen LogP contribution in [0.3, 0.4) is 0 Å². The van der Waals surface area contributed by atoms with Gasteiger partial charge in [0.1, 0.15) is 41.2 Å². The second-order valence-electron chi connectivity index (χ2n) is 6.68. The highest BCUT2D eigenvalue weighted by Gasteiger charge is 2.12. The molecule has 0 saturated carbocycles. The van der Waals surface area contributed by atoms with Crippen LogP contribution in [0.15, 0.2) is 65.1 Å². The van der Waals surface area contributed by atoms with Gasteiger partial charge in [-0.2, -0.15) is 0 Å². The lowest BCUT2D eigenvalue weighted by Gasteiger charge is -2.06. The molecule has 8 heteroatoms. The van der Waals surface area contributed by atoms with Crippen LogP contribution in [0.1, 0.15) is 21.7 Å². The van der Waals surface area contributed by atoms with Crippen molar-refractivity contribution in [2.75, 3.05) is 11.5 Å². The van der Waals surface area contributed by atoms with E-state index >= 15 is 0 Å². The van der Waals surface area contributed by atoms with Gasteiger partial charge >= 0.3 is 0 Å². The molecule has 30 heavy (non-hydrogen) atoms. The number of hydrogen-bond acceptors (Lipinski definition) is 6. The second kappa shape index (κ2) is 8.12. The van der Waals surface area contributed by atoms with Gasteiger partial charge in [0.25, 0.3) is 5.91 Å². The Bertz CT molecular complexity index is 1220. The molecule has 0 aliphatic carbocycles. The van der Waals surface area contributed by atoms with Crippen molar-refractivity contribution in [3.8, 4) is 5.75 Å². The Labute approximate surface area is 171 Å². The van der Waals surface area contributed by atoms with Crippen molar-refractivity contribution < 1.29 is 18.3 Å². The van der Waals surface area contributed by atoms with Crippen LogP contribution in [0.4, 0.5) is 16.0 Å². The number of anilines is 2. The van der Waals surface area contributed by atoms with Crippen LogP contribution in [0, 0.1) is 5.82 Å². The normalized spacial score (nSPS) is 10.8. The van der Waals surface area contributed by atoms with Crippen LogP contribution >= 0.6 is 0 Å². The molecule has 5 N–H and O–H groups in total. The maximum Gasteiger partial charge on any atom is 0.255 e. The number of pyridine rings is 1. The third-order valence-electron chi connectivity index (χ3n) is 4.45. The lowest BCUT2D eigenvalue weighted by Crippen LogP contribution is -2.24. The summed E-state index contributed by atoms with van der Waals surface area (Å²) >= 11 is 0. The molecule has 152 valence electrons. The van der Waals surface area contributed by atoms with Crippen molar-refractivity contribution >= 4 is 28.5 Å². The summed E-state index contributed by atoms with van der Waals surface area (Å²) in [5.41, 5.74) is 12.9. The second-order valence-corrected chi connectivity index (χ2v) is 6.68. The molecule has 2 aromatic heterocycles. The van der Waals surface area contributed by atoms with E-state index in [0.717, 1.165) is 10.9 Å². The number of nitrogens with two attached hydrogens (primary N) is 2. The molecule has 7 nitrogen and oxygen atoms in total. The molecule has 0 atom stereocenters. The summed E-state index contributed by atoms with van der Waals surface area (Å²) in [6, 6.07) is 16.5. The van der Waals surface area contributed by atoms with E-state index in [0.29, 0.717) is 17.1 Å². The molecular formula is C22H19FN4O3. The molecule has 2 aromatic carbocycles. The number of carbonyl (C=O) groups excluding carboxylic acids is 1. The van der Waals surface area contributed by atoms with E-state index in [1.54, 1.807) is 24.3 Å². The monoisotopic (exact) mass is 406 g/mol. The summed E-state index contributed by atoms with van der Waals surface area (Å²) < 4.78 is 24.8. The molecule has 2 heterocycles. The summed E-state index contributed by atoms with van der Waals surface area (Å²) in [6.45, 7) is 0.417. The first-order chi connectivity index (χ1) is 14.5. The number of halogens is 1. The van der Waals surface area contributed by atoms with Gasteiger partial charge in [-0.05, 0) is 48.0 Å². The number of carbonyl (C=O) groups is 1. The maximum atomic E-state index is 13.3. The quantitative estimate of drug-likeness (QED) is 0.450. The molecule has 0 unspecified atom stereocenters. The van der Waals surface area contributed by atoms with Crippen LogP contribution in [0.2, 0.25) is 0 Å². The summed E-state index contributed by atoms with van der Waals surface area (Å²) in [5.74, 6) is 0.800. The Kier molecular flexibility index (Phi) is 5.21. The van der Waals surface area contributed by atoms with Gasteiger partial charge in [-0.1, -0.05) is 12.1 Å². The van der Waals surface area contributed by atoms with Crippen molar-refractivity contribution in [1.29, 1.82) is 0 Å². The van der Waals surface area contributed by atoms with Crippen LogP contribution in [-0.4, -0.2) is 10.9 Å². The Hall–Kier alpha value is -4.07. The van der Waals surface area contributed by atoms with E-state index in [2.05, 4.69) is 10.3 Å². The zero-order chi connectivity index (χ0) is 21.1. The van der Waals surface area contributed by atoms with Crippen molar-refractivity contribution in [3.05, 3.63) is 83.4 Å². The van der Waals surface area contributed by atoms with Crippen LogP contribution < -0.4 is 21.5 Å². The van der Waals surface area contributed by atoms with E-state index in [4.69, 9.17) is 20.6 Å². The highest BCUT2D eigenvalue weighted by atomic mass is 19.1. The molecular weight excluding hydrogens is 387 g/mol. The maximum absolute atomic E-state index is 13.3. The number of amides is 1. The molecule has 0 aliphatic rings. The number of hydrogen-bond donors (Lipinski definition) is 3. The lowest BCUT2D eigenvalue weighted by molar-refractivity contribution is 0.0949. The standard InChI is InChI=1S/C22H19FN4O3/c23-15-3-1-2-13(8-15)12-29-16-5-4-14-9-17(30-19(14)10-16)11-26-22(28)18-6-7-20(24)27-21(18)25/h1-10H,11-12H2,(H,26,28)(H4,24,25,27). The van der Waals surface area contributed by atoms with E-state index < -0.39 is 0 Å². The summed E-state index contributed by atoms with van der Waals surface area (Å²) in [5, 5.41) is 3.61. The van der Waals surface area contributed by atoms with Gasteiger partial charge in [0.2, 0.25) is 0 Å². The summed E-state index contributed by atoms with van der Waals surface area (Å²) in [6.07, 6.45) is 0. The average Bonchev–Trinajstić information content (AvgIpc) is 3.13. The Morgan fingerprint density at radius 1 is 1.10 bits per heavy atom. The number of nitrogens with one attached hydrogen (secondary N) is 1. The third kappa shape index (κ3) is 4.33. The third-order valence-corrected chi connectivity index (χ3v) is 4.45. The summed E-state index contributed by atoms with van der Waals surface area (Å²) in [7, 11) is 0. The van der Waals surface area contributed by atoms with Gasteiger partial charge in [-0.3, -0.25) is 4.79 Å². The van der Waals surface area contributed by atoms with Crippen LogP contribution in [0.5, 0.6) is 5.75 Å². The van der Waals surface area contributed by atoms with Gasteiger partial charge in [0.15, 0.2) is 0 Å². The largest absolute Gasteiger partial charge is 0.489 e. The summed E-state index contributed by atoms with van der Waals surface area (Å²) in [4.78, 5) is 16.2. The molecule has 0 aliphatic heterocycles. The number of aromatic nitrogens is 1. The smallest absolute Gasteiger partial charge is 0.255 e. The van der Waals surface area contributed by atoms with Crippen molar-refractivity contribution in [2.45, 2.75) is 13.2 Å². The first-order valence-corrected chi connectivity index (χ1v) is 9.18. The predicted molar refractivity (Wildman–Crippen MR) is 111 cm³/mol. The zero-order valence-corrected chi connectivity index (χ0v) is 15.9. The Balaban J connectivity index is 1.41. The number of rotatable bonds is 6. The zero-order valence-electron chi connectivity index (χ0n) is 15.9. The first-order valence-electron chi connectivity index (χ1n) is 9.18. The average molecular weight is 406 g/mol. The topological polar surface area (TPSA) is 116 Å². The highest BCUT2D eigenvalue weighted by molar-refractivity contribution is 5.98. The van der Waals surface area contributed by atoms with E-state index in [1.807, 2.05) is 12.1 Å². The molecule has 0 bridgehead atoms. The first kappa shape index (κ1) is 19.3. The SMILES string of the molecule is Nc1ccc(C(=O)NCc2cc3ccc(OCc4cccc(F)c4)cc3o2)c(N)n1. The molecule has 0 radical (unpaired) electrons. The fourth-order valence-electron chi connectivity index (χ4n) is 2.98. The van der Waals surface area contributed by atoms with Crippen LogP contribution in [-0.2, 0) is 13.2 Å². The van der Waals surface area contributed by atoms with Gasteiger partial charge in [-0.25, -0.2) is 9.37 Å². The fourth-order valence-corrected chi connectivity index (χ4v) is 2.98. The van der Waals surface area contributed by atoms with Gasteiger partial charge < -0.3 is 25.9 Å². The van der Waals surface area contributed by atoms with Gasteiger partial charge in [0, 0.05) is 11.5 Å². The van der Waals surface area contributed by atoms with Crippen molar-refractivity contribution in [1.82, 2.24) is 10.3 Å². The number of fused-ring (bicyclic) bond motifs is 1. The van der Waals surface area contributed by atoms with E-state index in [-0.39, 0.29) is 42.1 Å². The minimum atomic E-state index is -0.375. The Morgan fingerprint density at radius 3 is 2.77 bits per heavy atom. The number of benzene rings is 2. The molecule has 4 aromatic rings. The molecule has 0 fully saturated rings. The molecule has 0 saturated heterocycles. The fraction of sp³-hybridized carbons (Fsp3) is 0.0909. The molecule has 4 rings (SSSR count). The van der Waals surface area contributed by atoms with Crippen molar-refractivity contribution in [2.24, 2.45) is 0 Å². The van der Waals surface area contributed by atoms with Crippen molar-refractivity contribution in [3.63, 3.8) is 0 Å². The number of nitrogens with zero attached hydrogens (tertiary/aromatic N) is 1. The minimum absolute atomic E-state index is 0.0668.